The fourth-order valence-electron chi connectivity index (χ4n) is 1.39. The Morgan fingerprint density at radius 3 is 2.87 bits per heavy atom. The first kappa shape index (κ1) is 9.71. The molecule has 0 aliphatic heterocycles. The van der Waals surface area contributed by atoms with E-state index in [2.05, 4.69) is 36.2 Å². The summed E-state index contributed by atoms with van der Waals surface area (Å²) < 4.78 is 5.73. The first-order valence-electron chi connectivity index (χ1n) is 4.96. The SMILES string of the molecule is CC1=CC=CCC(Oc2ccncc2)=C1. The second kappa shape index (κ2) is 4.60. The fraction of sp³-hybridized carbons (Fsp3) is 0.154. The van der Waals surface area contributed by atoms with Crippen LogP contribution in [0.4, 0.5) is 0 Å². The van der Waals surface area contributed by atoms with E-state index >= 15 is 0 Å². The molecule has 15 heavy (non-hydrogen) atoms. The van der Waals surface area contributed by atoms with Gasteiger partial charge in [0.15, 0.2) is 0 Å². The Balaban J connectivity index is 2.13. The van der Waals surface area contributed by atoms with Gasteiger partial charge in [0, 0.05) is 18.8 Å². The van der Waals surface area contributed by atoms with Crippen LogP contribution in [0.5, 0.6) is 5.75 Å². The number of pyridine rings is 1. The maximum absolute atomic E-state index is 5.73. The minimum Gasteiger partial charge on any atom is -0.461 e. The van der Waals surface area contributed by atoms with Crippen molar-refractivity contribution in [1.29, 1.82) is 0 Å². The molecule has 0 bridgehead atoms. The Morgan fingerprint density at radius 1 is 1.27 bits per heavy atom. The molecular weight excluding hydrogens is 186 g/mol. The Kier molecular flexibility index (Phi) is 2.98. The molecule has 1 heterocycles. The summed E-state index contributed by atoms with van der Waals surface area (Å²) in [6.07, 6.45) is 12.5. The van der Waals surface area contributed by atoms with Crippen LogP contribution in [0, 0.1) is 0 Å². The minimum absolute atomic E-state index is 0.830. The van der Waals surface area contributed by atoms with Gasteiger partial charge in [0.05, 0.1) is 0 Å². The van der Waals surface area contributed by atoms with Crippen LogP contribution in [0.1, 0.15) is 13.3 Å². The topological polar surface area (TPSA) is 22.1 Å². The van der Waals surface area contributed by atoms with Crippen molar-refractivity contribution in [2.24, 2.45) is 0 Å². The van der Waals surface area contributed by atoms with Crippen LogP contribution in [-0.2, 0) is 0 Å². The van der Waals surface area contributed by atoms with Crippen LogP contribution >= 0.6 is 0 Å². The lowest BCUT2D eigenvalue weighted by Gasteiger charge is -2.07. The molecule has 0 unspecified atom stereocenters. The third-order valence-electron chi connectivity index (χ3n) is 2.10. The normalized spacial score (nSPS) is 15.3. The van der Waals surface area contributed by atoms with Crippen molar-refractivity contribution in [1.82, 2.24) is 4.98 Å². The van der Waals surface area contributed by atoms with Gasteiger partial charge in [-0.3, -0.25) is 4.98 Å². The molecule has 0 spiro atoms. The lowest BCUT2D eigenvalue weighted by molar-refractivity contribution is 0.415. The molecule has 1 aliphatic carbocycles. The molecule has 0 N–H and O–H groups in total. The highest BCUT2D eigenvalue weighted by Crippen LogP contribution is 2.17. The Bertz CT molecular complexity index is 415. The van der Waals surface area contributed by atoms with E-state index in [0.717, 1.165) is 17.9 Å². The maximum Gasteiger partial charge on any atom is 0.130 e. The molecule has 0 saturated carbocycles. The highest BCUT2D eigenvalue weighted by atomic mass is 16.5. The fourth-order valence-corrected chi connectivity index (χ4v) is 1.39. The molecule has 0 radical (unpaired) electrons. The first-order valence-corrected chi connectivity index (χ1v) is 4.96. The van der Waals surface area contributed by atoms with Crippen LogP contribution in [-0.4, -0.2) is 4.98 Å². The Hall–Kier alpha value is -1.83. The van der Waals surface area contributed by atoms with E-state index in [9.17, 15) is 0 Å². The molecule has 0 amide bonds. The lowest BCUT2D eigenvalue weighted by atomic mass is 10.2. The summed E-state index contributed by atoms with van der Waals surface area (Å²) in [5, 5.41) is 0. The number of aromatic nitrogens is 1. The monoisotopic (exact) mass is 199 g/mol. The molecule has 0 aromatic carbocycles. The summed E-state index contributed by atoms with van der Waals surface area (Å²) in [6.45, 7) is 2.06. The molecule has 0 fully saturated rings. The minimum atomic E-state index is 0.830. The van der Waals surface area contributed by atoms with Crippen molar-refractivity contribution in [3.8, 4) is 5.75 Å². The number of allylic oxidation sites excluding steroid dienone is 5. The van der Waals surface area contributed by atoms with Gasteiger partial charge in [-0.15, -0.1) is 0 Å². The third kappa shape index (κ3) is 2.81. The van der Waals surface area contributed by atoms with Crippen LogP contribution < -0.4 is 4.74 Å². The average molecular weight is 199 g/mol. The third-order valence-corrected chi connectivity index (χ3v) is 2.10. The number of hydrogen-bond donors (Lipinski definition) is 0. The summed E-state index contributed by atoms with van der Waals surface area (Å²) in [5.41, 5.74) is 1.20. The quantitative estimate of drug-likeness (QED) is 0.729. The molecule has 0 saturated heterocycles. The highest BCUT2D eigenvalue weighted by molar-refractivity contribution is 5.30. The summed E-state index contributed by atoms with van der Waals surface area (Å²) in [7, 11) is 0. The Morgan fingerprint density at radius 2 is 2.07 bits per heavy atom. The molecule has 1 aromatic heterocycles. The predicted molar refractivity (Wildman–Crippen MR) is 60.5 cm³/mol. The largest absolute Gasteiger partial charge is 0.461 e. The van der Waals surface area contributed by atoms with Gasteiger partial charge >= 0.3 is 0 Å². The van der Waals surface area contributed by atoms with Crippen molar-refractivity contribution in [2.45, 2.75) is 13.3 Å². The number of rotatable bonds is 2. The van der Waals surface area contributed by atoms with Gasteiger partial charge in [-0.05, 0) is 30.7 Å². The number of nitrogens with zero attached hydrogens (tertiary/aromatic N) is 1. The zero-order chi connectivity index (χ0) is 10.5. The Labute approximate surface area is 89.6 Å². The van der Waals surface area contributed by atoms with Gasteiger partial charge in [0.2, 0.25) is 0 Å². The average Bonchev–Trinajstić information content (AvgIpc) is 2.44. The van der Waals surface area contributed by atoms with Crippen LogP contribution in [0.15, 0.2) is 60.2 Å². The maximum atomic E-state index is 5.73. The molecule has 1 aliphatic rings. The standard InChI is InChI=1S/C13H13NO/c1-11-4-2-3-5-13(10-11)15-12-6-8-14-9-7-12/h2-4,6-10H,5H2,1H3. The zero-order valence-electron chi connectivity index (χ0n) is 8.68. The summed E-state index contributed by atoms with van der Waals surface area (Å²) in [6, 6.07) is 3.71. The molecule has 2 rings (SSSR count). The van der Waals surface area contributed by atoms with Gasteiger partial charge in [0.1, 0.15) is 11.5 Å². The van der Waals surface area contributed by atoms with Gasteiger partial charge in [-0.1, -0.05) is 18.2 Å². The summed E-state index contributed by atoms with van der Waals surface area (Å²) >= 11 is 0. The smallest absolute Gasteiger partial charge is 0.130 e. The van der Waals surface area contributed by atoms with Crippen molar-refractivity contribution in [3.63, 3.8) is 0 Å². The van der Waals surface area contributed by atoms with E-state index in [1.54, 1.807) is 12.4 Å². The van der Waals surface area contributed by atoms with Crippen molar-refractivity contribution >= 4 is 0 Å². The van der Waals surface area contributed by atoms with Gasteiger partial charge in [0.25, 0.3) is 0 Å². The predicted octanol–water partition coefficient (Wildman–Crippen LogP) is 3.25. The highest BCUT2D eigenvalue weighted by Gasteiger charge is 2.01. The number of hydrogen-bond acceptors (Lipinski definition) is 2. The molecule has 2 heteroatoms. The molecule has 0 atom stereocenters. The molecule has 1 aromatic rings. The zero-order valence-corrected chi connectivity index (χ0v) is 8.68. The van der Waals surface area contributed by atoms with Crippen molar-refractivity contribution < 1.29 is 4.74 Å². The summed E-state index contributed by atoms with van der Waals surface area (Å²) in [5.74, 6) is 1.79. The van der Waals surface area contributed by atoms with Crippen LogP contribution in [0.3, 0.4) is 0 Å². The number of ether oxygens (including phenoxy) is 1. The van der Waals surface area contributed by atoms with Gasteiger partial charge in [-0.25, -0.2) is 0 Å². The van der Waals surface area contributed by atoms with E-state index in [1.165, 1.54) is 5.57 Å². The van der Waals surface area contributed by atoms with Gasteiger partial charge < -0.3 is 4.74 Å². The van der Waals surface area contributed by atoms with E-state index in [1.807, 2.05) is 12.1 Å². The van der Waals surface area contributed by atoms with Crippen LogP contribution in [0.2, 0.25) is 0 Å². The van der Waals surface area contributed by atoms with E-state index in [0.29, 0.717) is 0 Å². The van der Waals surface area contributed by atoms with Gasteiger partial charge in [-0.2, -0.15) is 0 Å². The molecular formula is C13H13NO. The summed E-state index contributed by atoms with van der Waals surface area (Å²) in [4.78, 5) is 3.95. The first-order chi connectivity index (χ1) is 7.34. The second-order valence-corrected chi connectivity index (χ2v) is 3.44. The van der Waals surface area contributed by atoms with Crippen molar-refractivity contribution in [2.75, 3.05) is 0 Å². The molecule has 76 valence electrons. The van der Waals surface area contributed by atoms with E-state index in [-0.39, 0.29) is 0 Å². The van der Waals surface area contributed by atoms with Crippen molar-refractivity contribution in [3.05, 3.63) is 60.2 Å². The molecule has 2 nitrogen and oxygen atoms in total. The lowest BCUT2D eigenvalue weighted by Crippen LogP contribution is -1.94. The van der Waals surface area contributed by atoms with E-state index < -0.39 is 0 Å². The van der Waals surface area contributed by atoms with Crippen LogP contribution in [0.25, 0.3) is 0 Å². The second-order valence-electron chi connectivity index (χ2n) is 3.44. The van der Waals surface area contributed by atoms with E-state index in [4.69, 9.17) is 4.74 Å².